The normalized spacial score (nSPS) is 20.2. The van der Waals surface area contributed by atoms with E-state index < -0.39 is 0 Å². The van der Waals surface area contributed by atoms with E-state index in [2.05, 4.69) is 26.7 Å². The number of aromatic nitrogens is 1. The van der Waals surface area contributed by atoms with Crippen molar-refractivity contribution < 1.29 is 14.3 Å². The van der Waals surface area contributed by atoms with Crippen LogP contribution in [0.1, 0.15) is 61.9 Å². The molecule has 2 amide bonds. The molecule has 1 aliphatic carbocycles. The largest absolute Gasteiger partial charge is 0.378 e. The van der Waals surface area contributed by atoms with Crippen molar-refractivity contribution in [3.05, 3.63) is 36.2 Å². The van der Waals surface area contributed by atoms with Gasteiger partial charge < -0.3 is 31.0 Å². The fraction of sp³-hybridized carbons (Fsp3) is 0.667. The molecule has 1 unspecified atom stereocenters. The summed E-state index contributed by atoms with van der Waals surface area (Å²) in [4.78, 5) is 36.2. The van der Waals surface area contributed by atoms with Crippen molar-refractivity contribution in [2.45, 2.75) is 63.5 Å². The Morgan fingerprint density at radius 2 is 1.82 bits per heavy atom. The quantitative estimate of drug-likeness (QED) is 0.268. The number of carbonyl (C=O) groups is 2. The van der Waals surface area contributed by atoms with Crippen molar-refractivity contribution in [1.82, 2.24) is 20.1 Å². The highest BCUT2D eigenvalue weighted by molar-refractivity contribution is 5.92. The van der Waals surface area contributed by atoms with E-state index in [1.54, 1.807) is 12.3 Å². The molecule has 3 aliphatic rings. The average molecular weight is 554 g/mol. The molecule has 0 radical (unpaired) electrons. The number of nitrogens with one attached hydrogen (secondary N) is 2. The Kier molecular flexibility index (Phi) is 11.5. The lowest BCUT2D eigenvalue weighted by molar-refractivity contribution is -0.136. The van der Waals surface area contributed by atoms with Crippen molar-refractivity contribution in [1.29, 1.82) is 5.41 Å². The van der Waals surface area contributed by atoms with E-state index in [1.807, 2.05) is 11.0 Å². The number of hydrogen-bond acceptors (Lipinski definition) is 8. The third kappa shape index (κ3) is 8.59. The van der Waals surface area contributed by atoms with Crippen LogP contribution in [0.5, 0.6) is 0 Å². The molecule has 1 atom stereocenters. The smallest absolute Gasteiger partial charge is 0.269 e. The highest BCUT2D eigenvalue weighted by atomic mass is 16.5. The molecular weight excluding hydrogens is 506 g/mol. The number of hydrogen-bond donors (Lipinski definition) is 3. The third-order valence-electron chi connectivity index (χ3n) is 8.51. The first-order valence-corrected chi connectivity index (χ1v) is 15.0. The van der Waals surface area contributed by atoms with Gasteiger partial charge in [0.25, 0.3) is 5.91 Å². The monoisotopic (exact) mass is 553 g/mol. The summed E-state index contributed by atoms with van der Waals surface area (Å²) in [6.07, 6.45) is 11.4. The number of amides is 2. The van der Waals surface area contributed by atoms with Gasteiger partial charge in [-0.2, -0.15) is 0 Å². The number of pyridine rings is 1. The summed E-state index contributed by atoms with van der Waals surface area (Å²) in [5.41, 5.74) is 8.57. The highest BCUT2D eigenvalue weighted by Crippen LogP contribution is 2.27. The van der Waals surface area contributed by atoms with E-state index in [4.69, 9.17) is 15.9 Å². The molecule has 0 bridgehead atoms. The van der Waals surface area contributed by atoms with Crippen LogP contribution < -0.4 is 16.0 Å². The van der Waals surface area contributed by atoms with Crippen molar-refractivity contribution in [3.8, 4) is 0 Å². The van der Waals surface area contributed by atoms with E-state index in [1.165, 1.54) is 25.5 Å². The summed E-state index contributed by atoms with van der Waals surface area (Å²) in [5, 5.41) is 10.2. The van der Waals surface area contributed by atoms with Gasteiger partial charge in [0.05, 0.1) is 24.0 Å². The summed E-state index contributed by atoms with van der Waals surface area (Å²) >= 11 is 0. The minimum Gasteiger partial charge on any atom is -0.378 e. The lowest BCUT2D eigenvalue weighted by Gasteiger charge is -2.36. The number of piperazine rings is 1. The van der Waals surface area contributed by atoms with Crippen LogP contribution in [0, 0.1) is 11.3 Å². The Hall–Kier alpha value is -2.82. The number of ether oxygens (including phenoxy) is 1. The topological polar surface area (TPSA) is 128 Å². The molecule has 220 valence electrons. The number of rotatable bonds is 12. The summed E-state index contributed by atoms with van der Waals surface area (Å²) in [6, 6.07) is 3.38. The fourth-order valence-electron chi connectivity index (χ4n) is 5.97. The highest BCUT2D eigenvalue weighted by Gasteiger charge is 2.31. The summed E-state index contributed by atoms with van der Waals surface area (Å²) in [7, 11) is 0. The molecular formula is C30H47N7O3. The maximum Gasteiger partial charge on any atom is 0.269 e. The van der Waals surface area contributed by atoms with Crippen LogP contribution in [0.3, 0.4) is 0 Å². The molecule has 1 saturated carbocycles. The lowest BCUT2D eigenvalue weighted by atomic mass is 9.83. The second-order valence-electron chi connectivity index (χ2n) is 11.4. The standard InChI is InChI=1S/C30H47N7O3/c1-23(20-31)22-35-15-17-36(18-16-35)25-8-9-27(34-21-25)29(38)33-12-5-19-40-26-10-13-37(14-11-26)30(39)28(32)24-6-3-2-4-7-24/h8-9,20-21,24,26,28,31H,1-7,10-19,22,32H2,(H,33,38). The van der Waals surface area contributed by atoms with E-state index in [9.17, 15) is 9.59 Å². The molecule has 4 N–H and O–H groups in total. The van der Waals surface area contributed by atoms with E-state index in [-0.39, 0.29) is 24.0 Å². The molecule has 3 heterocycles. The van der Waals surface area contributed by atoms with Crippen molar-refractivity contribution in [2.24, 2.45) is 11.7 Å². The van der Waals surface area contributed by atoms with Gasteiger partial charge in [0.2, 0.25) is 5.91 Å². The predicted molar refractivity (Wildman–Crippen MR) is 158 cm³/mol. The van der Waals surface area contributed by atoms with Gasteiger partial charge in [-0.1, -0.05) is 25.8 Å². The van der Waals surface area contributed by atoms with Crippen LogP contribution in [-0.2, 0) is 9.53 Å². The Bertz CT molecular complexity index is 980. The van der Waals surface area contributed by atoms with Crippen LogP contribution in [-0.4, -0.2) is 104 Å². The zero-order chi connectivity index (χ0) is 28.3. The van der Waals surface area contributed by atoms with Crippen LogP contribution in [0.4, 0.5) is 5.69 Å². The second-order valence-corrected chi connectivity index (χ2v) is 11.4. The molecule has 40 heavy (non-hydrogen) atoms. The van der Waals surface area contributed by atoms with Crippen LogP contribution in [0.15, 0.2) is 30.5 Å². The van der Waals surface area contributed by atoms with Gasteiger partial charge in [-0.05, 0) is 55.7 Å². The number of likely N-dealkylation sites (tertiary alicyclic amines) is 1. The van der Waals surface area contributed by atoms with E-state index in [0.717, 1.165) is 76.1 Å². The van der Waals surface area contributed by atoms with Crippen molar-refractivity contribution in [2.75, 3.05) is 63.9 Å². The first kappa shape index (κ1) is 30.1. The van der Waals surface area contributed by atoms with E-state index in [0.29, 0.717) is 37.9 Å². The average Bonchev–Trinajstić information content (AvgIpc) is 3.01. The Balaban J connectivity index is 1.08. The number of piperidine rings is 1. The zero-order valence-corrected chi connectivity index (χ0v) is 23.9. The summed E-state index contributed by atoms with van der Waals surface area (Å²) in [6.45, 7) is 10.7. The van der Waals surface area contributed by atoms with Gasteiger partial charge in [0.1, 0.15) is 5.69 Å². The molecule has 3 fully saturated rings. The predicted octanol–water partition coefficient (Wildman–Crippen LogP) is 2.44. The minimum absolute atomic E-state index is 0.110. The van der Waals surface area contributed by atoms with Crippen molar-refractivity contribution in [3.63, 3.8) is 0 Å². The fourth-order valence-corrected chi connectivity index (χ4v) is 5.97. The number of carbonyl (C=O) groups excluding carboxylic acids is 2. The van der Waals surface area contributed by atoms with Gasteiger partial charge in [-0.15, -0.1) is 0 Å². The van der Waals surface area contributed by atoms with Crippen LogP contribution in [0.25, 0.3) is 0 Å². The number of nitrogens with zero attached hydrogens (tertiary/aromatic N) is 4. The third-order valence-corrected chi connectivity index (χ3v) is 8.51. The molecule has 1 aromatic rings. The van der Waals surface area contributed by atoms with Gasteiger partial charge >= 0.3 is 0 Å². The summed E-state index contributed by atoms with van der Waals surface area (Å²) in [5.74, 6) is 0.270. The Morgan fingerprint density at radius 3 is 2.48 bits per heavy atom. The van der Waals surface area contributed by atoms with E-state index >= 15 is 0 Å². The first-order valence-electron chi connectivity index (χ1n) is 15.0. The Labute approximate surface area is 238 Å². The number of anilines is 1. The first-order chi connectivity index (χ1) is 19.4. The zero-order valence-electron chi connectivity index (χ0n) is 23.9. The lowest BCUT2D eigenvalue weighted by Crippen LogP contribution is -2.51. The minimum atomic E-state index is -0.354. The van der Waals surface area contributed by atoms with Crippen LogP contribution >= 0.6 is 0 Å². The van der Waals surface area contributed by atoms with Gasteiger partial charge in [0.15, 0.2) is 0 Å². The van der Waals surface area contributed by atoms with Crippen LogP contribution in [0.2, 0.25) is 0 Å². The molecule has 2 aliphatic heterocycles. The van der Waals surface area contributed by atoms with Gasteiger partial charge in [0, 0.05) is 65.2 Å². The molecule has 0 aromatic carbocycles. The molecule has 10 heteroatoms. The van der Waals surface area contributed by atoms with Gasteiger partial charge in [-0.25, -0.2) is 4.98 Å². The molecule has 4 rings (SSSR count). The maximum atomic E-state index is 12.8. The molecule has 1 aromatic heterocycles. The summed E-state index contributed by atoms with van der Waals surface area (Å²) < 4.78 is 6.03. The Morgan fingerprint density at radius 1 is 1.10 bits per heavy atom. The molecule has 2 saturated heterocycles. The molecule has 10 nitrogen and oxygen atoms in total. The SMILES string of the molecule is C=C(C=N)CN1CCN(c2ccc(C(=O)NCCCOC3CCN(C(=O)C(N)C4CCCCC4)CC3)nc2)CC1. The van der Waals surface area contributed by atoms with Gasteiger partial charge in [-0.3, -0.25) is 14.5 Å². The molecule has 0 spiro atoms. The maximum absolute atomic E-state index is 12.8. The second kappa shape index (κ2) is 15.3. The number of nitrogens with two attached hydrogens (primary N) is 1. The van der Waals surface area contributed by atoms with Crippen molar-refractivity contribution >= 4 is 23.7 Å².